The first-order valence-corrected chi connectivity index (χ1v) is 11.4. The lowest BCUT2D eigenvalue weighted by Gasteiger charge is -2.31. The van der Waals surface area contributed by atoms with Gasteiger partial charge in [-0.25, -0.2) is 4.99 Å². The Labute approximate surface area is 184 Å². The smallest absolute Gasteiger partial charge is 0.243 e. The molecule has 7 nitrogen and oxygen atoms in total. The molecule has 1 aliphatic carbocycles. The molecular weight excluding hydrogens is 398 g/mol. The fourth-order valence-electron chi connectivity index (χ4n) is 3.56. The van der Waals surface area contributed by atoms with Crippen LogP contribution < -0.4 is 10.6 Å². The van der Waals surface area contributed by atoms with Gasteiger partial charge in [0.15, 0.2) is 5.96 Å². The fourth-order valence-corrected chi connectivity index (χ4v) is 4.35. The number of rotatable bonds is 9. The molecule has 8 heteroatoms. The third-order valence-electron chi connectivity index (χ3n) is 5.29. The summed E-state index contributed by atoms with van der Waals surface area (Å²) < 4.78 is 0. The van der Waals surface area contributed by atoms with Crippen molar-refractivity contribution < 1.29 is 9.59 Å². The van der Waals surface area contributed by atoms with E-state index in [1.54, 1.807) is 30.8 Å². The second kappa shape index (κ2) is 11.8. The van der Waals surface area contributed by atoms with Gasteiger partial charge >= 0.3 is 0 Å². The zero-order chi connectivity index (χ0) is 22.0. The molecule has 2 N–H and O–H groups in total. The lowest BCUT2D eigenvalue weighted by molar-refractivity contribution is -0.138. The van der Waals surface area contributed by atoms with Crippen LogP contribution in [0.4, 0.5) is 0 Å². The average Bonchev–Trinajstić information content (AvgIpc) is 3.22. The molecule has 0 unspecified atom stereocenters. The van der Waals surface area contributed by atoms with Gasteiger partial charge in [-0.3, -0.25) is 9.59 Å². The van der Waals surface area contributed by atoms with Crippen LogP contribution in [0.5, 0.6) is 0 Å². The van der Waals surface area contributed by atoms with E-state index < -0.39 is 5.41 Å². The van der Waals surface area contributed by atoms with E-state index in [4.69, 9.17) is 0 Å². The van der Waals surface area contributed by atoms with Gasteiger partial charge in [0.05, 0.1) is 5.41 Å². The van der Waals surface area contributed by atoms with E-state index in [-0.39, 0.29) is 18.4 Å². The Bertz CT molecular complexity index is 715. The van der Waals surface area contributed by atoms with Crippen LogP contribution in [0.3, 0.4) is 0 Å². The minimum atomic E-state index is -0.393. The lowest BCUT2D eigenvalue weighted by Crippen LogP contribution is -2.49. The van der Waals surface area contributed by atoms with Gasteiger partial charge < -0.3 is 20.4 Å². The van der Waals surface area contributed by atoms with Gasteiger partial charge in [-0.05, 0) is 25.0 Å². The number of hydrogen-bond donors (Lipinski definition) is 2. The third-order valence-corrected chi connectivity index (χ3v) is 6.31. The molecule has 0 radical (unpaired) electrons. The van der Waals surface area contributed by atoms with E-state index in [1.807, 2.05) is 32.3 Å². The van der Waals surface area contributed by atoms with Gasteiger partial charge in [-0.2, -0.15) is 0 Å². The Morgan fingerprint density at radius 2 is 1.70 bits per heavy atom. The zero-order valence-corrected chi connectivity index (χ0v) is 19.4. The zero-order valence-electron chi connectivity index (χ0n) is 18.6. The van der Waals surface area contributed by atoms with E-state index in [9.17, 15) is 9.59 Å². The van der Waals surface area contributed by atoms with Gasteiger partial charge in [0.2, 0.25) is 11.8 Å². The summed E-state index contributed by atoms with van der Waals surface area (Å²) in [5.41, 5.74) is -0.393. The maximum atomic E-state index is 12.8. The summed E-state index contributed by atoms with van der Waals surface area (Å²) in [6.45, 7) is 1.30. The summed E-state index contributed by atoms with van der Waals surface area (Å²) in [4.78, 5) is 33.7. The van der Waals surface area contributed by atoms with E-state index in [0.29, 0.717) is 19.0 Å². The van der Waals surface area contributed by atoms with Crippen molar-refractivity contribution in [2.24, 2.45) is 10.4 Å². The van der Waals surface area contributed by atoms with Crippen molar-refractivity contribution >= 4 is 29.5 Å². The number of guanidine groups is 1. The normalized spacial score (nSPS) is 15.5. The molecule has 1 aromatic carbocycles. The van der Waals surface area contributed by atoms with Crippen molar-refractivity contribution in [2.45, 2.75) is 30.6 Å². The quantitative estimate of drug-likeness (QED) is 0.270. The van der Waals surface area contributed by atoms with Crippen LogP contribution in [-0.4, -0.2) is 81.2 Å². The number of thioether (sulfide) groups is 1. The topological polar surface area (TPSA) is 77.0 Å². The third kappa shape index (κ3) is 7.23. The maximum absolute atomic E-state index is 12.8. The number of carbonyl (C=O) groups is 2. The van der Waals surface area contributed by atoms with Crippen LogP contribution in [0.15, 0.2) is 40.2 Å². The number of amides is 2. The van der Waals surface area contributed by atoms with E-state index in [0.717, 1.165) is 31.4 Å². The monoisotopic (exact) mass is 433 g/mol. The Morgan fingerprint density at radius 3 is 2.30 bits per heavy atom. The first kappa shape index (κ1) is 24.1. The van der Waals surface area contributed by atoms with E-state index >= 15 is 0 Å². The fraction of sp³-hybridized carbons (Fsp3) is 0.591. The van der Waals surface area contributed by atoms with Crippen molar-refractivity contribution in [3.05, 3.63) is 30.3 Å². The molecule has 0 aliphatic heterocycles. The molecule has 0 bridgehead atoms. The molecular formula is C22H35N5O2S. The Balaban J connectivity index is 1.97. The van der Waals surface area contributed by atoms with E-state index in [1.165, 1.54) is 9.80 Å². The van der Waals surface area contributed by atoms with Gasteiger partial charge in [-0.1, -0.05) is 31.0 Å². The van der Waals surface area contributed by atoms with Crippen LogP contribution in [0.25, 0.3) is 0 Å². The molecule has 2 rings (SSSR count). The number of aliphatic imine (C=N–C) groups is 1. The highest BCUT2D eigenvalue weighted by molar-refractivity contribution is 7.99. The number of likely N-dealkylation sites (N-methyl/N-ethyl adjacent to an activating group) is 1. The molecule has 0 heterocycles. The predicted molar refractivity (Wildman–Crippen MR) is 124 cm³/mol. The standard InChI is InChI=1S/C22H35N5O2S/c1-26(2)19(28)16-24-21(23-14-15-30-18-10-6-5-7-11-18)25-17-22(12-8-9-13-22)20(29)27(3)4/h5-7,10-11H,8-9,12-17H2,1-4H3,(H2,23,24,25). The molecule has 1 saturated carbocycles. The lowest BCUT2D eigenvalue weighted by atomic mass is 9.84. The predicted octanol–water partition coefficient (Wildman–Crippen LogP) is 2.05. The Morgan fingerprint density at radius 1 is 1.03 bits per heavy atom. The largest absolute Gasteiger partial charge is 0.356 e. The summed E-state index contributed by atoms with van der Waals surface area (Å²) in [5.74, 6) is 1.55. The van der Waals surface area contributed by atoms with Crippen molar-refractivity contribution in [1.82, 2.24) is 20.4 Å². The molecule has 1 aromatic rings. The molecule has 2 amide bonds. The molecule has 0 atom stereocenters. The first-order chi connectivity index (χ1) is 14.3. The van der Waals surface area contributed by atoms with Crippen molar-refractivity contribution in [2.75, 3.05) is 53.6 Å². The highest BCUT2D eigenvalue weighted by Crippen LogP contribution is 2.38. The number of nitrogens with one attached hydrogen (secondary N) is 2. The van der Waals surface area contributed by atoms with E-state index in [2.05, 4.69) is 27.8 Å². The van der Waals surface area contributed by atoms with Crippen molar-refractivity contribution in [3.8, 4) is 0 Å². The number of hydrogen-bond acceptors (Lipinski definition) is 4. The summed E-state index contributed by atoms with van der Waals surface area (Å²) >= 11 is 1.76. The Hall–Kier alpha value is -2.22. The van der Waals surface area contributed by atoms with Crippen LogP contribution in [-0.2, 0) is 9.59 Å². The average molecular weight is 434 g/mol. The minimum absolute atomic E-state index is 0.0605. The molecule has 1 aliphatic rings. The SMILES string of the molecule is CN(C)C(=O)CN=C(NCCSc1ccccc1)NCC1(C(=O)N(C)C)CCCC1. The number of nitrogens with zero attached hydrogens (tertiary/aromatic N) is 3. The van der Waals surface area contributed by atoms with Gasteiger partial charge in [0.25, 0.3) is 0 Å². The van der Waals surface area contributed by atoms with Gasteiger partial charge in [-0.15, -0.1) is 11.8 Å². The summed E-state index contributed by atoms with van der Waals surface area (Å²) in [7, 11) is 7.06. The van der Waals surface area contributed by atoms with Crippen LogP contribution in [0.1, 0.15) is 25.7 Å². The van der Waals surface area contributed by atoms with Crippen LogP contribution in [0, 0.1) is 5.41 Å². The second-order valence-electron chi connectivity index (χ2n) is 8.08. The molecule has 1 fully saturated rings. The highest BCUT2D eigenvalue weighted by Gasteiger charge is 2.42. The van der Waals surface area contributed by atoms with Crippen molar-refractivity contribution in [1.29, 1.82) is 0 Å². The molecule has 30 heavy (non-hydrogen) atoms. The minimum Gasteiger partial charge on any atom is -0.356 e. The molecule has 0 spiro atoms. The Kier molecular flexibility index (Phi) is 9.49. The molecule has 0 aromatic heterocycles. The van der Waals surface area contributed by atoms with Crippen LogP contribution >= 0.6 is 11.8 Å². The molecule has 166 valence electrons. The summed E-state index contributed by atoms with van der Waals surface area (Å²) in [6, 6.07) is 10.2. The second-order valence-corrected chi connectivity index (χ2v) is 9.25. The van der Waals surface area contributed by atoms with Crippen molar-refractivity contribution in [3.63, 3.8) is 0 Å². The maximum Gasteiger partial charge on any atom is 0.243 e. The summed E-state index contributed by atoms with van der Waals surface area (Å²) in [5, 5.41) is 6.66. The van der Waals surface area contributed by atoms with Crippen LogP contribution in [0.2, 0.25) is 0 Å². The number of benzene rings is 1. The molecule has 0 saturated heterocycles. The summed E-state index contributed by atoms with van der Waals surface area (Å²) in [6.07, 6.45) is 3.89. The van der Waals surface area contributed by atoms with Gasteiger partial charge in [0.1, 0.15) is 6.54 Å². The number of carbonyl (C=O) groups excluding carboxylic acids is 2. The van der Waals surface area contributed by atoms with Gasteiger partial charge in [0, 0.05) is 51.9 Å². The first-order valence-electron chi connectivity index (χ1n) is 10.5. The highest BCUT2D eigenvalue weighted by atomic mass is 32.2.